The number of urea groups is 1. The molecule has 2 saturated heterocycles. The van der Waals surface area contributed by atoms with Gasteiger partial charge in [0.2, 0.25) is 0 Å². The fourth-order valence-electron chi connectivity index (χ4n) is 2.18. The van der Waals surface area contributed by atoms with Crippen molar-refractivity contribution in [3.63, 3.8) is 0 Å². The van der Waals surface area contributed by atoms with Gasteiger partial charge in [0.1, 0.15) is 0 Å². The number of hydrogen-bond donors (Lipinski definition) is 2. The van der Waals surface area contributed by atoms with Crippen LogP contribution in [0.4, 0.5) is 4.79 Å². The van der Waals surface area contributed by atoms with E-state index in [1.54, 1.807) is 0 Å². The maximum Gasteiger partial charge on any atom is 0.317 e. The molecular formula is C10H19N3O. The SMILES string of the molecule is CC1(NC(=O)N2CCCC2)CCNC1. The number of carbonyl (C=O) groups excluding carboxylic acids is 1. The van der Waals surface area contributed by atoms with Gasteiger partial charge in [0.05, 0.1) is 5.54 Å². The minimum Gasteiger partial charge on any atom is -0.332 e. The molecule has 14 heavy (non-hydrogen) atoms. The van der Waals surface area contributed by atoms with Crippen molar-refractivity contribution in [2.24, 2.45) is 0 Å². The van der Waals surface area contributed by atoms with Crippen molar-refractivity contribution in [3.05, 3.63) is 0 Å². The van der Waals surface area contributed by atoms with Crippen LogP contribution in [-0.2, 0) is 0 Å². The van der Waals surface area contributed by atoms with Gasteiger partial charge in [-0.15, -0.1) is 0 Å². The van der Waals surface area contributed by atoms with Gasteiger partial charge in [-0.2, -0.15) is 0 Å². The molecule has 0 aliphatic carbocycles. The molecule has 0 aromatic rings. The van der Waals surface area contributed by atoms with Gasteiger partial charge in [-0.25, -0.2) is 4.79 Å². The summed E-state index contributed by atoms with van der Waals surface area (Å²) in [6.45, 7) is 5.87. The molecule has 2 aliphatic heterocycles. The first-order valence-electron chi connectivity index (χ1n) is 5.47. The predicted octanol–water partition coefficient (Wildman–Crippen LogP) is 0.544. The van der Waals surface area contributed by atoms with Gasteiger partial charge in [0, 0.05) is 19.6 Å². The van der Waals surface area contributed by atoms with Gasteiger partial charge in [-0.05, 0) is 32.7 Å². The highest BCUT2D eigenvalue weighted by molar-refractivity contribution is 5.75. The summed E-state index contributed by atoms with van der Waals surface area (Å²) in [5.41, 5.74) is -0.0281. The Bertz CT molecular complexity index is 217. The smallest absolute Gasteiger partial charge is 0.317 e. The van der Waals surface area contributed by atoms with Crippen molar-refractivity contribution in [3.8, 4) is 0 Å². The number of nitrogens with one attached hydrogen (secondary N) is 2. The van der Waals surface area contributed by atoms with Crippen LogP contribution in [0.1, 0.15) is 26.2 Å². The number of likely N-dealkylation sites (tertiary alicyclic amines) is 1. The lowest BCUT2D eigenvalue weighted by Crippen LogP contribution is -2.52. The Morgan fingerprint density at radius 1 is 1.43 bits per heavy atom. The summed E-state index contributed by atoms with van der Waals surface area (Å²) in [7, 11) is 0. The Morgan fingerprint density at radius 3 is 2.71 bits per heavy atom. The lowest BCUT2D eigenvalue weighted by Gasteiger charge is -2.27. The number of rotatable bonds is 1. The highest BCUT2D eigenvalue weighted by atomic mass is 16.2. The van der Waals surface area contributed by atoms with Crippen molar-refractivity contribution in [2.75, 3.05) is 26.2 Å². The minimum atomic E-state index is -0.0281. The number of nitrogens with zero attached hydrogens (tertiary/aromatic N) is 1. The standard InChI is InChI=1S/C10H19N3O/c1-10(4-5-11-8-10)12-9(14)13-6-2-3-7-13/h11H,2-8H2,1H3,(H,12,14). The zero-order chi connectivity index (χ0) is 10.0. The van der Waals surface area contributed by atoms with E-state index in [2.05, 4.69) is 17.6 Å². The Kier molecular flexibility index (Phi) is 2.63. The summed E-state index contributed by atoms with van der Waals surface area (Å²) < 4.78 is 0. The van der Waals surface area contributed by atoms with Crippen molar-refractivity contribution in [1.29, 1.82) is 0 Å². The summed E-state index contributed by atoms with van der Waals surface area (Å²) >= 11 is 0. The third kappa shape index (κ3) is 2.00. The van der Waals surface area contributed by atoms with Gasteiger partial charge in [0.25, 0.3) is 0 Å². The second kappa shape index (κ2) is 3.77. The fraction of sp³-hybridized carbons (Fsp3) is 0.900. The highest BCUT2D eigenvalue weighted by Crippen LogP contribution is 2.15. The van der Waals surface area contributed by atoms with Gasteiger partial charge in [-0.3, -0.25) is 0 Å². The predicted molar refractivity (Wildman–Crippen MR) is 55.2 cm³/mol. The van der Waals surface area contributed by atoms with Crippen LogP contribution in [-0.4, -0.2) is 42.6 Å². The summed E-state index contributed by atoms with van der Waals surface area (Å²) in [5.74, 6) is 0. The van der Waals surface area contributed by atoms with E-state index in [1.807, 2.05) is 4.90 Å². The molecule has 0 radical (unpaired) electrons. The van der Waals surface area contributed by atoms with Gasteiger partial charge >= 0.3 is 6.03 Å². The zero-order valence-electron chi connectivity index (χ0n) is 8.81. The van der Waals surface area contributed by atoms with E-state index in [0.29, 0.717) is 0 Å². The molecule has 1 unspecified atom stereocenters. The summed E-state index contributed by atoms with van der Waals surface area (Å²) in [6, 6.07) is 0.119. The van der Waals surface area contributed by atoms with Crippen LogP contribution in [0.25, 0.3) is 0 Å². The Balaban J connectivity index is 1.86. The number of amides is 2. The molecule has 0 aromatic heterocycles. The maximum absolute atomic E-state index is 11.8. The van der Waals surface area contributed by atoms with E-state index in [1.165, 1.54) is 0 Å². The summed E-state index contributed by atoms with van der Waals surface area (Å²) in [6.07, 6.45) is 3.34. The van der Waals surface area contributed by atoms with Crippen LogP contribution in [0.5, 0.6) is 0 Å². The minimum absolute atomic E-state index is 0.0281. The van der Waals surface area contributed by atoms with Crippen LogP contribution in [0.2, 0.25) is 0 Å². The number of hydrogen-bond acceptors (Lipinski definition) is 2. The molecule has 4 nitrogen and oxygen atoms in total. The molecule has 2 aliphatic rings. The molecule has 4 heteroatoms. The molecule has 1 atom stereocenters. The molecular weight excluding hydrogens is 178 g/mol. The average molecular weight is 197 g/mol. The van der Waals surface area contributed by atoms with Gasteiger partial charge in [0.15, 0.2) is 0 Å². The second-order valence-corrected chi connectivity index (χ2v) is 4.61. The molecule has 0 bridgehead atoms. The van der Waals surface area contributed by atoms with Crippen molar-refractivity contribution in [2.45, 2.75) is 31.7 Å². The second-order valence-electron chi connectivity index (χ2n) is 4.61. The maximum atomic E-state index is 11.8. The molecule has 2 fully saturated rings. The van der Waals surface area contributed by atoms with Crippen molar-refractivity contribution >= 4 is 6.03 Å². The van der Waals surface area contributed by atoms with E-state index >= 15 is 0 Å². The van der Waals surface area contributed by atoms with Gasteiger partial charge < -0.3 is 15.5 Å². The van der Waals surface area contributed by atoms with Crippen LogP contribution >= 0.6 is 0 Å². The molecule has 2 N–H and O–H groups in total. The van der Waals surface area contributed by atoms with Crippen LogP contribution in [0.3, 0.4) is 0 Å². The molecule has 0 saturated carbocycles. The normalized spacial score (nSPS) is 32.2. The van der Waals surface area contributed by atoms with E-state index in [0.717, 1.165) is 45.4 Å². The zero-order valence-corrected chi connectivity index (χ0v) is 8.81. The first-order valence-corrected chi connectivity index (χ1v) is 5.47. The van der Waals surface area contributed by atoms with Crippen LogP contribution in [0, 0.1) is 0 Å². The molecule has 80 valence electrons. The molecule has 0 aromatic carbocycles. The summed E-state index contributed by atoms with van der Waals surface area (Å²) in [5, 5.41) is 6.40. The van der Waals surface area contributed by atoms with Crippen LogP contribution < -0.4 is 10.6 Å². The quantitative estimate of drug-likeness (QED) is 0.644. The monoisotopic (exact) mass is 197 g/mol. The molecule has 2 rings (SSSR count). The topological polar surface area (TPSA) is 44.4 Å². The lowest BCUT2D eigenvalue weighted by molar-refractivity contribution is 0.197. The lowest BCUT2D eigenvalue weighted by atomic mass is 10.0. The summed E-state index contributed by atoms with van der Waals surface area (Å²) in [4.78, 5) is 13.7. The molecule has 2 heterocycles. The first kappa shape index (κ1) is 9.77. The Hall–Kier alpha value is -0.770. The molecule has 2 amide bonds. The van der Waals surface area contributed by atoms with Gasteiger partial charge in [-0.1, -0.05) is 0 Å². The van der Waals surface area contributed by atoms with E-state index in [9.17, 15) is 4.79 Å². The van der Waals surface area contributed by atoms with Crippen molar-refractivity contribution in [1.82, 2.24) is 15.5 Å². The average Bonchev–Trinajstić information content (AvgIpc) is 2.74. The van der Waals surface area contributed by atoms with E-state index in [4.69, 9.17) is 0 Å². The highest BCUT2D eigenvalue weighted by Gasteiger charge is 2.32. The largest absolute Gasteiger partial charge is 0.332 e. The number of carbonyl (C=O) groups is 1. The van der Waals surface area contributed by atoms with Crippen molar-refractivity contribution < 1.29 is 4.79 Å². The van der Waals surface area contributed by atoms with Crippen LogP contribution in [0.15, 0.2) is 0 Å². The Morgan fingerprint density at radius 2 is 2.14 bits per heavy atom. The van der Waals surface area contributed by atoms with E-state index in [-0.39, 0.29) is 11.6 Å². The third-order valence-corrected chi connectivity index (χ3v) is 3.17. The molecule has 0 spiro atoms. The fourth-order valence-corrected chi connectivity index (χ4v) is 2.18. The van der Waals surface area contributed by atoms with E-state index < -0.39 is 0 Å². The first-order chi connectivity index (χ1) is 6.70. The Labute approximate surface area is 85.0 Å². The third-order valence-electron chi connectivity index (χ3n) is 3.17.